The fourth-order valence-corrected chi connectivity index (χ4v) is 5.46. The van der Waals surface area contributed by atoms with Gasteiger partial charge in [-0.2, -0.15) is 0 Å². The van der Waals surface area contributed by atoms with Gasteiger partial charge in [-0.3, -0.25) is 9.55 Å². The number of aromatic amines is 1. The molecule has 5 heteroatoms. The van der Waals surface area contributed by atoms with E-state index in [1.807, 2.05) is 4.57 Å². The summed E-state index contributed by atoms with van der Waals surface area (Å²) in [5, 5.41) is 7.53. The molecule has 2 aromatic rings. The van der Waals surface area contributed by atoms with Gasteiger partial charge in [0.25, 0.3) is 0 Å². The van der Waals surface area contributed by atoms with Crippen LogP contribution in [0.3, 0.4) is 0 Å². The molecular weight excluding hydrogens is 360 g/mol. The predicted molar refractivity (Wildman–Crippen MR) is 118 cm³/mol. The zero-order valence-electron chi connectivity index (χ0n) is 17.4. The third-order valence-electron chi connectivity index (χ3n) is 7.23. The van der Waals surface area contributed by atoms with Crippen LogP contribution in [0.25, 0.3) is 5.69 Å². The summed E-state index contributed by atoms with van der Waals surface area (Å²) < 4.78 is 1.96. The van der Waals surface area contributed by atoms with E-state index in [1.165, 1.54) is 69.0 Å². The van der Waals surface area contributed by atoms with E-state index in [4.69, 9.17) is 0 Å². The molecule has 1 unspecified atom stereocenters. The molecule has 1 aromatic carbocycles. The third-order valence-corrected chi connectivity index (χ3v) is 7.23. The summed E-state index contributed by atoms with van der Waals surface area (Å²) in [4.78, 5) is 16.3. The summed E-state index contributed by atoms with van der Waals surface area (Å²) in [6, 6.07) is 9.58. The highest BCUT2D eigenvalue weighted by Gasteiger charge is 2.37. The second kappa shape index (κ2) is 8.39. The first-order valence-corrected chi connectivity index (χ1v) is 11.7. The van der Waals surface area contributed by atoms with Crippen molar-refractivity contribution in [1.82, 2.24) is 14.9 Å². The highest BCUT2D eigenvalue weighted by Crippen LogP contribution is 2.41. The average Bonchev–Trinajstić information content (AvgIpc) is 3.02. The molecule has 5 nitrogen and oxygen atoms in total. The Labute approximate surface area is 173 Å². The molecule has 2 aliphatic carbocycles. The third kappa shape index (κ3) is 3.89. The Bertz CT molecular complexity index is 893. The number of imidazole rings is 1. The Morgan fingerprint density at radius 1 is 0.966 bits per heavy atom. The maximum absolute atomic E-state index is 13.1. The Kier molecular flexibility index (Phi) is 5.49. The number of fused-ring (bicyclic) bond motifs is 6. The second-order valence-corrected chi connectivity index (χ2v) is 9.23. The first-order chi connectivity index (χ1) is 14.3. The molecule has 0 spiro atoms. The lowest BCUT2D eigenvalue weighted by molar-refractivity contribution is 0.276. The van der Waals surface area contributed by atoms with E-state index in [9.17, 15) is 4.79 Å². The van der Waals surface area contributed by atoms with Crippen molar-refractivity contribution in [2.45, 2.75) is 88.6 Å². The van der Waals surface area contributed by atoms with Gasteiger partial charge in [0, 0.05) is 18.0 Å². The van der Waals surface area contributed by atoms with Crippen molar-refractivity contribution in [3.8, 4) is 5.69 Å². The first kappa shape index (κ1) is 19.0. The van der Waals surface area contributed by atoms with E-state index in [-0.39, 0.29) is 5.69 Å². The van der Waals surface area contributed by atoms with Crippen LogP contribution in [0.5, 0.6) is 0 Å². The maximum Gasteiger partial charge on any atom is 0.331 e. The number of H-pyrrole nitrogens is 1. The second-order valence-electron chi connectivity index (χ2n) is 9.23. The van der Waals surface area contributed by atoms with Gasteiger partial charge >= 0.3 is 5.69 Å². The lowest BCUT2D eigenvalue weighted by atomic mass is 9.77. The molecule has 156 valence electrons. The molecular formula is C24H34N4O. The van der Waals surface area contributed by atoms with E-state index in [0.29, 0.717) is 18.0 Å². The number of aromatic nitrogens is 2. The summed E-state index contributed by atoms with van der Waals surface area (Å²) in [7, 11) is 0. The maximum atomic E-state index is 13.1. The molecule has 1 aliphatic heterocycles. The van der Waals surface area contributed by atoms with Crippen molar-refractivity contribution in [2.24, 2.45) is 0 Å². The van der Waals surface area contributed by atoms with Crippen LogP contribution in [0.1, 0.15) is 81.4 Å². The van der Waals surface area contributed by atoms with Crippen molar-refractivity contribution in [3.05, 3.63) is 46.0 Å². The van der Waals surface area contributed by atoms with Gasteiger partial charge in [-0.15, -0.1) is 0 Å². The van der Waals surface area contributed by atoms with Crippen molar-refractivity contribution in [1.29, 1.82) is 0 Å². The summed E-state index contributed by atoms with van der Waals surface area (Å²) in [6.07, 6.45) is 13.5. The van der Waals surface area contributed by atoms with Gasteiger partial charge in [0.2, 0.25) is 0 Å². The number of nitrogens with one attached hydrogen (secondary N) is 3. The van der Waals surface area contributed by atoms with E-state index in [1.54, 1.807) is 0 Å². The minimum absolute atomic E-state index is 0.00372. The van der Waals surface area contributed by atoms with E-state index >= 15 is 0 Å². The molecule has 3 aliphatic rings. The minimum atomic E-state index is -0.00372. The summed E-state index contributed by atoms with van der Waals surface area (Å²) in [5.74, 6) is 1.36. The van der Waals surface area contributed by atoms with Gasteiger partial charge in [0.05, 0.1) is 11.4 Å². The number of hydrogen-bond donors (Lipinski definition) is 3. The van der Waals surface area contributed by atoms with E-state index in [2.05, 4.69) is 39.9 Å². The van der Waals surface area contributed by atoms with Crippen LogP contribution in [-0.2, 0) is 6.42 Å². The fraction of sp³-hybridized carbons (Fsp3) is 0.625. The first-order valence-electron chi connectivity index (χ1n) is 11.7. The molecule has 3 N–H and O–H groups in total. The van der Waals surface area contributed by atoms with Gasteiger partial charge in [-0.25, -0.2) is 4.79 Å². The van der Waals surface area contributed by atoms with Gasteiger partial charge in [0.15, 0.2) is 0 Å². The predicted octanol–water partition coefficient (Wildman–Crippen LogP) is 4.47. The number of hydrogen-bond acceptors (Lipinski definition) is 3. The number of benzene rings is 1. The van der Waals surface area contributed by atoms with Crippen LogP contribution < -0.4 is 16.3 Å². The van der Waals surface area contributed by atoms with E-state index in [0.717, 1.165) is 30.9 Å². The van der Waals surface area contributed by atoms with Crippen molar-refractivity contribution >= 4 is 5.82 Å². The number of rotatable bonds is 2. The van der Waals surface area contributed by atoms with Gasteiger partial charge in [-0.05, 0) is 69.2 Å². The highest BCUT2D eigenvalue weighted by atomic mass is 16.1. The van der Waals surface area contributed by atoms with Crippen LogP contribution >= 0.6 is 0 Å². The lowest BCUT2D eigenvalue weighted by Crippen LogP contribution is -2.44. The molecule has 29 heavy (non-hydrogen) atoms. The van der Waals surface area contributed by atoms with Crippen LogP contribution in [0, 0.1) is 0 Å². The van der Waals surface area contributed by atoms with Crippen molar-refractivity contribution in [3.63, 3.8) is 0 Å². The van der Waals surface area contributed by atoms with E-state index < -0.39 is 0 Å². The normalized spacial score (nSPS) is 25.5. The molecule has 5 rings (SSSR count). The molecule has 2 heterocycles. The Morgan fingerprint density at radius 2 is 1.83 bits per heavy atom. The fourth-order valence-electron chi connectivity index (χ4n) is 5.46. The standard InChI is InChI=1S/C24H34N4O/c29-24-27-23(26-18-10-4-1-5-11-18)22-20-13-14-21(20)25-15-6-2-3-8-17-9-7-12-19(16-17)28(22)24/h7,9,12,16,18,20-21,25-26H,1-6,8,10-11,13-15H2,(H,27,29)/t20-,21?/m1/s1. The summed E-state index contributed by atoms with van der Waals surface area (Å²) >= 11 is 0. The van der Waals surface area contributed by atoms with Crippen molar-refractivity contribution < 1.29 is 0 Å². The van der Waals surface area contributed by atoms with Crippen LogP contribution in [0.15, 0.2) is 29.1 Å². The van der Waals surface area contributed by atoms with Crippen molar-refractivity contribution in [2.75, 3.05) is 11.9 Å². The van der Waals surface area contributed by atoms with Crippen LogP contribution in [-0.4, -0.2) is 28.2 Å². The molecule has 0 amide bonds. The summed E-state index contributed by atoms with van der Waals surface area (Å²) in [6.45, 7) is 1.08. The monoisotopic (exact) mass is 394 g/mol. The quantitative estimate of drug-likeness (QED) is 0.704. The zero-order chi connectivity index (χ0) is 19.6. The Hall–Kier alpha value is -2.01. The molecule has 0 radical (unpaired) electrons. The van der Waals surface area contributed by atoms with Gasteiger partial charge < -0.3 is 10.6 Å². The number of aryl methyl sites for hydroxylation is 1. The Balaban J connectivity index is 1.57. The molecule has 1 aromatic heterocycles. The molecule has 2 fully saturated rings. The average molecular weight is 395 g/mol. The van der Waals surface area contributed by atoms with Gasteiger partial charge in [0.1, 0.15) is 5.82 Å². The minimum Gasteiger partial charge on any atom is -0.367 e. The zero-order valence-corrected chi connectivity index (χ0v) is 17.4. The molecule has 0 saturated heterocycles. The molecule has 2 bridgehead atoms. The smallest absolute Gasteiger partial charge is 0.331 e. The summed E-state index contributed by atoms with van der Waals surface area (Å²) in [5.41, 5.74) is 3.51. The number of nitrogens with zero attached hydrogens (tertiary/aromatic N) is 1. The SMILES string of the molecule is O=c1[nH]c(NC2CCCCC2)c2n1-c1cccc(c1)CCCCCNC1CC[C@@H]21. The lowest BCUT2D eigenvalue weighted by Gasteiger charge is -2.38. The van der Waals surface area contributed by atoms with Crippen LogP contribution in [0.4, 0.5) is 5.82 Å². The largest absolute Gasteiger partial charge is 0.367 e. The molecule has 2 atom stereocenters. The Morgan fingerprint density at radius 3 is 2.66 bits per heavy atom. The van der Waals surface area contributed by atoms with Crippen LogP contribution in [0.2, 0.25) is 0 Å². The topological polar surface area (TPSA) is 61.9 Å². The highest BCUT2D eigenvalue weighted by molar-refractivity contribution is 5.51. The number of anilines is 1. The van der Waals surface area contributed by atoms with Gasteiger partial charge in [-0.1, -0.05) is 37.8 Å². The molecule has 2 saturated carbocycles.